The minimum atomic E-state index is -0.214. The molecule has 2 atom stereocenters. The number of amides is 1. The smallest absolute Gasteiger partial charge is 0.244 e. The van der Waals surface area contributed by atoms with Crippen molar-refractivity contribution in [2.75, 3.05) is 0 Å². The molecule has 2 nitrogen and oxygen atoms in total. The van der Waals surface area contributed by atoms with E-state index in [0.29, 0.717) is 11.8 Å². The van der Waals surface area contributed by atoms with Crippen LogP contribution in [0.2, 0.25) is 0 Å². The number of unbranched alkanes of at least 4 members (excludes halogenated alkanes) is 1. The first kappa shape index (κ1) is 15.8. The number of nitrogens with two attached hydrogens (primary N) is 1. The van der Waals surface area contributed by atoms with Gasteiger partial charge in [-0.15, -0.1) is 0 Å². The minimum Gasteiger partial charge on any atom is -0.366 e. The zero-order chi connectivity index (χ0) is 15.1. The summed E-state index contributed by atoms with van der Waals surface area (Å²) in [5.41, 5.74) is 7.86. The maximum absolute atomic E-state index is 11.8. The normalized spacial score (nSPS) is 23.0. The maximum atomic E-state index is 11.8. The molecule has 0 radical (unpaired) electrons. The van der Waals surface area contributed by atoms with E-state index in [2.05, 4.69) is 37.3 Å². The number of hydrogen-bond acceptors (Lipinski definition) is 1. The Morgan fingerprint density at radius 1 is 1.24 bits per heavy atom. The number of primary amides is 1. The summed E-state index contributed by atoms with van der Waals surface area (Å²) in [4.78, 5) is 11.8. The lowest BCUT2D eigenvalue weighted by Crippen LogP contribution is -2.27. The van der Waals surface area contributed by atoms with Crippen LogP contribution < -0.4 is 5.73 Å². The molecule has 2 heteroatoms. The molecule has 1 amide bonds. The third kappa shape index (κ3) is 4.73. The van der Waals surface area contributed by atoms with Crippen molar-refractivity contribution in [1.29, 1.82) is 0 Å². The molecule has 0 spiro atoms. The van der Waals surface area contributed by atoms with Crippen LogP contribution in [0.25, 0.3) is 0 Å². The second-order valence-electron chi connectivity index (χ2n) is 6.27. The van der Waals surface area contributed by atoms with Gasteiger partial charge in [0, 0.05) is 5.57 Å². The highest BCUT2D eigenvalue weighted by Gasteiger charge is 2.27. The summed E-state index contributed by atoms with van der Waals surface area (Å²) in [6.45, 7) is 2.25. The first-order chi connectivity index (χ1) is 10.2. The lowest BCUT2D eigenvalue weighted by molar-refractivity contribution is -0.115. The van der Waals surface area contributed by atoms with Crippen LogP contribution in [-0.2, 0) is 11.2 Å². The molecule has 114 valence electrons. The van der Waals surface area contributed by atoms with Gasteiger partial charge in [-0.1, -0.05) is 62.6 Å². The Kier molecular flexibility index (Phi) is 6.04. The second-order valence-corrected chi connectivity index (χ2v) is 6.27. The van der Waals surface area contributed by atoms with E-state index in [0.717, 1.165) is 31.3 Å². The Hall–Kier alpha value is -1.57. The Morgan fingerprint density at radius 3 is 2.62 bits per heavy atom. The van der Waals surface area contributed by atoms with Crippen LogP contribution in [0.4, 0.5) is 0 Å². The zero-order valence-corrected chi connectivity index (χ0v) is 13.1. The molecule has 1 aromatic rings. The van der Waals surface area contributed by atoms with Crippen molar-refractivity contribution < 1.29 is 4.79 Å². The molecular formula is C19H27NO. The minimum absolute atomic E-state index is 0.214. The van der Waals surface area contributed by atoms with Crippen LogP contribution in [0.5, 0.6) is 0 Å². The summed E-state index contributed by atoms with van der Waals surface area (Å²) < 4.78 is 0. The highest BCUT2D eigenvalue weighted by atomic mass is 16.1. The molecule has 0 bridgehead atoms. The number of carbonyl (C=O) groups excluding carboxylic acids is 1. The predicted octanol–water partition coefficient (Wildman–Crippen LogP) is 4.25. The summed E-state index contributed by atoms with van der Waals surface area (Å²) in [5.74, 6) is 0.757. The van der Waals surface area contributed by atoms with Crippen molar-refractivity contribution in [3.63, 3.8) is 0 Å². The molecule has 2 unspecified atom stereocenters. The van der Waals surface area contributed by atoms with E-state index in [1.807, 2.05) is 6.07 Å². The lowest BCUT2D eigenvalue weighted by atomic mass is 9.75. The van der Waals surface area contributed by atoms with Crippen molar-refractivity contribution in [2.45, 2.75) is 51.9 Å². The molecule has 0 heterocycles. The molecule has 2 rings (SSSR count). The topological polar surface area (TPSA) is 43.1 Å². The van der Waals surface area contributed by atoms with Crippen LogP contribution in [0, 0.1) is 11.8 Å². The standard InChI is InChI=1S/C19H27NO/c1-15-9-5-7-13-17(15)18(19(20)21)14-8-6-12-16-10-3-2-4-11-16/h2-4,10-11,14-15,17H,5-9,12-13H2,1H3,(H2,20,21)/b18-14+. The van der Waals surface area contributed by atoms with Gasteiger partial charge in [-0.3, -0.25) is 4.79 Å². The average Bonchev–Trinajstić information content (AvgIpc) is 2.49. The van der Waals surface area contributed by atoms with E-state index in [1.165, 1.54) is 24.8 Å². The Labute approximate surface area is 128 Å². The Balaban J connectivity index is 1.90. The molecular weight excluding hydrogens is 258 g/mol. The van der Waals surface area contributed by atoms with Crippen LogP contribution in [0.1, 0.15) is 51.0 Å². The van der Waals surface area contributed by atoms with Crippen LogP contribution in [0.15, 0.2) is 42.0 Å². The van der Waals surface area contributed by atoms with Crippen molar-refractivity contribution in [1.82, 2.24) is 0 Å². The Bertz CT molecular complexity index is 478. The molecule has 0 saturated heterocycles. The molecule has 1 aliphatic carbocycles. The molecule has 0 aromatic heterocycles. The van der Waals surface area contributed by atoms with E-state index in [-0.39, 0.29) is 5.91 Å². The molecule has 1 aliphatic rings. The summed E-state index contributed by atoms with van der Waals surface area (Å²) in [6.07, 6.45) is 10.0. The number of benzene rings is 1. The second kappa shape index (κ2) is 8.02. The van der Waals surface area contributed by atoms with E-state index < -0.39 is 0 Å². The third-order valence-electron chi connectivity index (χ3n) is 4.67. The summed E-state index contributed by atoms with van der Waals surface area (Å²) in [6, 6.07) is 10.5. The maximum Gasteiger partial charge on any atom is 0.244 e. The van der Waals surface area contributed by atoms with Gasteiger partial charge in [0.25, 0.3) is 0 Å². The van der Waals surface area contributed by atoms with Crippen LogP contribution in [-0.4, -0.2) is 5.91 Å². The molecule has 1 saturated carbocycles. The van der Waals surface area contributed by atoms with Crippen molar-refractivity contribution in [2.24, 2.45) is 17.6 Å². The average molecular weight is 285 g/mol. The molecule has 2 N–H and O–H groups in total. The lowest BCUT2D eigenvalue weighted by Gasteiger charge is -2.29. The monoisotopic (exact) mass is 285 g/mol. The fraction of sp³-hybridized carbons (Fsp3) is 0.526. The quantitative estimate of drug-likeness (QED) is 0.616. The van der Waals surface area contributed by atoms with Gasteiger partial charge in [0.15, 0.2) is 0 Å². The third-order valence-corrected chi connectivity index (χ3v) is 4.67. The number of aryl methyl sites for hydroxylation is 1. The largest absolute Gasteiger partial charge is 0.366 e. The fourth-order valence-corrected chi connectivity index (χ4v) is 3.42. The van der Waals surface area contributed by atoms with Gasteiger partial charge < -0.3 is 5.73 Å². The van der Waals surface area contributed by atoms with E-state index in [9.17, 15) is 4.79 Å². The number of allylic oxidation sites excluding steroid dienone is 1. The fourth-order valence-electron chi connectivity index (χ4n) is 3.42. The van der Waals surface area contributed by atoms with Gasteiger partial charge in [-0.2, -0.15) is 0 Å². The van der Waals surface area contributed by atoms with Gasteiger partial charge in [0.2, 0.25) is 5.91 Å². The van der Waals surface area contributed by atoms with Crippen LogP contribution >= 0.6 is 0 Å². The van der Waals surface area contributed by atoms with Gasteiger partial charge in [0.1, 0.15) is 0 Å². The molecule has 21 heavy (non-hydrogen) atoms. The first-order valence-electron chi connectivity index (χ1n) is 8.22. The van der Waals surface area contributed by atoms with E-state index in [4.69, 9.17) is 5.73 Å². The molecule has 0 aliphatic heterocycles. The van der Waals surface area contributed by atoms with Crippen molar-refractivity contribution in [3.8, 4) is 0 Å². The summed E-state index contributed by atoms with van der Waals surface area (Å²) >= 11 is 0. The van der Waals surface area contributed by atoms with E-state index >= 15 is 0 Å². The van der Waals surface area contributed by atoms with Crippen molar-refractivity contribution >= 4 is 5.91 Å². The van der Waals surface area contributed by atoms with Gasteiger partial charge in [-0.05, 0) is 43.1 Å². The molecule has 1 aromatic carbocycles. The Morgan fingerprint density at radius 2 is 1.95 bits per heavy atom. The number of carbonyl (C=O) groups is 1. The SMILES string of the molecule is CC1CCCCC1/C(=C\CCCc1ccccc1)C(N)=O. The van der Waals surface area contributed by atoms with Gasteiger partial charge in [-0.25, -0.2) is 0 Å². The molecule has 1 fully saturated rings. The van der Waals surface area contributed by atoms with E-state index in [1.54, 1.807) is 0 Å². The number of rotatable bonds is 6. The highest BCUT2D eigenvalue weighted by molar-refractivity contribution is 5.92. The van der Waals surface area contributed by atoms with Crippen LogP contribution in [0.3, 0.4) is 0 Å². The van der Waals surface area contributed by atoms with Crippen molar-refractivity contribution in [3.05, 3.63) is 47.5 Å². The summed E-state index contributed by atoms with van der Waals surface area (Å²) in [5, 5.41) is 0. The number of hydrogen-bond donors (Lipinski definition) is 1. The predicted molar refractivity (Wildman–Crippen MR) is 87.8 cm³/mol. The van der Waals surface area contributed by atoms with Gasteiger partial charge in [0.05, 0.1) is 0 Å². The highest BCUT2D eigenvalue weighted by Crippen LogP contribution is 2.34. The van der Waals surface area contributed by atoms with Gasteiger partial charge >= 0.3 is 0 Å². The first-order valence-corrected chi connectivity index (χ1v) is 8.22. The zero-order valence-electron chi connectivity index (χ0n) is 13.1. The summed E-state index contributed by atoms with van der Waals surface area (Å²) in [7, 11) is 0.